The second-order valence-corrected chi connectivity index (χ2v) is 9.11. The number of fused-ring (bicyclic) bond motifs is 1. The van der Waals surface area contributed by atoms with Gasteiger partial charge < -0.3 is 10.1 Å². The zero-order chi connectivity index (χ0) is 22.5. The van der Waals surface area contributed by atoms with E-state index in [0.717, 1.165) is 41.1 Å². The Labute approximate surface area is 196 Å². The van der Waals surface area contributed by atoms with Crippen molar-refractivity contribution in [3.63, 3.8) is 0 Å². The van der Waals surface area contributed by atoms with Gasteiger partial charge in [-0.05, 0) is 61.6 Å². The molecule has 32 heavy (non-hydrogen) atoms. The zero-order valence-electron chi connectivity index (χ0n) is 17.7. The van der Waals surface area contributed by atoms with Crippen LogP contribution >= 0.6 is 22.9 Å². The molecule has 2 aromatic carbocycles. The highest BCUT2D eigenvalue weighted by Crippen LogP contribution is 2.37. The van der Waals surface area contributed by atoms with E-state index in [1.807, 2.05) is 24.3 Å². The smallest absolute Gasteiger partial charge is 0.257 e. The molecule has 3 aromatic rings. The highest BCUT2D eigenvalue weighted by Gasteiger charge is 2.30. The predicted octanol–water partition coefficient (Wildman–Crippen LogP) is 4.84. The number of methoxy groups -OCH3 is 1. The lowest BCUT2D eigenvalue weighted by atomic mass is 9.90. The molecule has 6 nitrogen and oxygen atoms in total. The number of carbonyl (C=O) groups excluding carboxylic acids is 2. The Hall–Kier alpha value is -2.90. The van der Waals surface area contributed by atoms with Crippen molar-refractivity contribution in [2.24, 2.45) is 0 Å². The molecule has 8 heteroatoms. The first-order chi connectivity index (χ1) is 15.5. The number of anilines is 1. The van der Waals surface area contributed by atoms with E-state index in [9.17, 15) is 9.59 Å². The third-order valence-corrected chi connectivity index (χ3v) is 6.78. The third-order valence-electron chi connectivity index (χ3n) is 5.48. The van der Waals surface area contributed by atoms with Crippen LogP contribution in [0.2, 0.25) is 5.02 Å². The maximum atomic E-state index is 12.9. The Kier molecular flexibility index (Phi) is 7.07. The van der Waals surface area contributed by atoms with Crippen LogP contribution in [-0.4, -0.2) is 30.5 Å². The summed E-state index contributed by atoms with van der Waals surface area (Å²) in [5, 5.41) is 6.99. The number of thiazole rings is 1. The molecule has 1 aliphatic carbocycles. The SMILES string of the molecule is COc1ccccc1CCNC(=O)[C@@H]1CCCc2sc(NC(=O)c3ccc(Cl)cc3)nc21. The summed E-state index contributed by atoms with van der Waals surface area (Å²) in [6, 6.07) is 14.5. The number of aromatic nitrogens is 1. The summed E-state index contributed by atoms with van der Waals surface area (Å²) < 4.78 is 5.38. The topological polar surface area (TPSA) is 80.3 Å². The molecule has 0 saturated heterocycles. The summed E-state index contributed by atoms with van der Waals surface area (Å²) in [7, 11) is 1.65. The zero-order valence-corrected chi connectivity index (χ0v) is 19.3. The van der Waals surface area contributed by atoms with Crippen molar-refractivity contribution in [2.75, 3.05) is 19.0 Å². The number of rotatable bonds is 7. The van der Waals surface area contributed by atoms with Crippen LogP contribution in [0.25, 0.3) is 0 Å². The summed E-state index contributed by atoms with van der Waals surface area (Å²) in [5.74, 6) is 0.253. The highest BCUT2D eigenvalue weighted by molar-refractivity contribution is 7.16. The molecule has 1 heterocycles. The van der Waals surface area contributed by atoms with E-state index in [4.69, 9.17) is 16.3 Å². The highest BCUT2D eigenvalue weighted by atomic mass is 35.5. The van der Waals surface area contributed by atoms with E-state index in [1.165, 1.54) is 11.3 Å². The van der Waals surface area contributed by atoms with Gasteiger partial charge in [0.25, 0.3) is 5.91 Å². The largest absolute Gasteiger partial charge is 0.496 e. The number of ether oxygens (including phenoxy) is 1. The molecule has 0 unspecified atom stereocenters. The lowest BCUT2D eigenvalue weighted by molar-refractivity contribution is -0.122. The van der Waals surface area contributed by atoms with Gasteiger partial charge in [-0.3, -0.25) is 14.9 Å². The lowest BCUT2D eigenvalue weighted by Gasteiger charge is -2.20. The fourth-order valence-corrected chi connectivity index (χ4v) is 5.04. The molecule has 166 valence electrons. The minimum Gasteiger partial charge on any atom is -0.496 e. The number of para-hydroxylation sites is 1. The van der Waals surface area contributed by atoms with Gasteiger partial charge in [-0.1, -0.05) is 29.8 Å². The number of hydrogen-bond donors (Lipinski definition) is 2. The quantitative estimate of drug-likeness (QED) is 0.519. The van der Waals surface area contributed by atoms with Gasteiger partial charge >= 0.3 is 0 Å². The van der Waals surface area contributed by atoms with Crippen molar-refractivity contribution in [3.8, 4) is 5.75 Å². The first-order valence-electron chi connectivity index (χ1n) is 10.5. The van der Waals surface area contributed by atoms with E-state index >= 15 is 0 Å². The molecular weight excluding hydrogens is 446 g/mol. The van der Waals surface area contributed by atoms with Crippen molar-refractivity contribution in [2.45, 2.75) is 31.6 Å². The van der Waals surface area contributed by atoms with Crippen LogP contribution in [0, 0.1) is 0 Å². The molecular formula is C24H24ClN3O3S. The van der Waals surface area contributed by atoms with Crippen LogP contribution in [0.5, 0.6) is 5.75 Å². The van der Waals surface area contributed by atoms with Crippen LogP contribution in [0.4, 0.5) is 5.13 Å². The van der Waals surface area contributed by atoms with Gasteiger partial charge in [0.1, 0.15) is 5.75 Å². The van der Waals surface area contributed by atoms with Crippen molar-refractivity contribution in [1.29, 1.82) is 0 Å². The van der Waals surface area contributed by atoms with Gasteiger partial charge in [-0.15, -0.1) is 11.3 Å². The Balaban J connectivity index is 1.39. The van der Waals surface area contributed by atoms with Crippen molar-refractivity contribution in [3.05, 3.63) is 75.3 Å². The summed E-state index contributed by atoms with van der Waals surface area (Å²) >= 11 is 7.33. The lowest BCUT2D eigenvalue weighted by Crippen LogP contribution is -2.32. The van der Waals surface area contributed by atoms with E-state index in [0.29, 0.717) is 28.7 Å². The number of benzene rings is 2. The molecule has 1 atom stereocenters. The Morgan fingerprint density at radius 1 is 1.19 bits per heavy atom. The molecule has 0 aliphatic heterocycles. The fourth-order valence-electron chi connectivity index (χ4n) is 3.85. The molecule has 1 aliphatic rings. The average Bonchev–Trinajstić information content (AvgIpc) is 3.22. The molecule has 0 bridgehead atoms. The molecule has 2 amide bonds. The monoisotopic (exact) mass is 469 g/mol. The number of aryl methyl sites for hydroxylation is 1. The Bertz CT molecular complexity index is 1110. The number of carbonyl (C=O) groups is 2. The summed E-state index contributed by atoms with van der Waals surface area (Å²) in [5.41, 5.74) is 2.34. The first-order valence-corrected chi connectivity index (χ1v) is 11.7. The van der Waals surface area contributed by atoms with Crippen LogP contribution in [0.3, 0.4) is 0 Å². The Morgan fingerprint density at radius 3 is 2.75 bits per heavy atom. The summed E-state index contributed by atoms with van der Waals surface area (Å²) in [4.78, 5) is 31.1. The second-order valence-electron chi connectivity index (χ2n) is 7.59. The average molecular weight is 470 g/mol. The van der Waals surface area contributed by atoms with Gasteiger partial charge in [-0.25, -0.2) is 4.98 Å². The Morgan fingerprint density at radius 2 is 1.97 bits per heavy atom. The molecule has 2 N–H and O–H groups in total. The van der Waals surface area contributed by atoms with Crippen molar-refractivity contribution in [1.82, 2.24) is 10.3 Å². The van der Waals surface area contributed by atoms with Crippen LogP contribution < -0.4 is 15.4 Å². The van der Waals surface area contributed by atoms with Gasteiger partial charge in [0.2, 0.25) is 5.91 Å². The van der Waals surface area contributed by atoms with E-state index in [2.05, 4.69) is 15.6 Å². The molecule has 1 aromatic heterocycles. The van der Waals surface area contributed by atoms with Crippen molar-refractivity contribution >= 4 is 39.9 Å². The minimum atomic E-state index is -0.297. The summed E-state index contributed by atoms with van der Waals surface area (Å²) in [6.07, 6.45) is 3.23. The standard InChI is InChI=1S/C24H24ClN3O3S/c1-31-19-7-3-2-5-15(19)13-14-26-23(30)18-6-4-8-20-21(18)27-24(32-20)28-22(29)16-9-11-17(25)12-10-16/h2-3,5,7,9-12,18H,4,6,8,13-14H2,1H3,(H,26,30)(H,27,28,29)/t18-/m1/s1. The number of hydrogen-bond acceptors (Lipinski definition) is 5. The van der Waals surface area contributed by atoms with Crippen molar-refractivity contribution < 1.29 is 14.3 Å². The van der Waals surface area contributed by atoms with Gasteiger partial charge in [-0.2, -0.15) is 0 Å². The van der Waals surface area contributed by atoms with E-state index in [1.54, 1.807) is 31.4 Å². The van der Waals surface area contributed by atoms with Gasteiger partial charge in [0, 0.05) is 22.0 Å². The van der Waals surface area contributed by atoms with Crippen LogP contribution in [0.15, 0.2) is 48.5 Å². The number of nitrogens with one attached hydrogen (secondary N) is 2. The second kappa shape index (κ2) is 10.1. The molecule has 0 radical (unpaired) electrons. The maximum absolute atomic E-state index is 12.9. The third kappa shape index (κ3) is 5.11. The van der Waals surface area contributed by atoms with Gasteiger partial charge in [0.05, 0.1) is 18.7 Å². The van der Waals surface area contributed by atoms with E-state index in [-0.39, 0.29) is 17.7 Å². The summed E-state index contributed by atoms with van der Waals surface area (Å²) in [6.45, 7) is 0.523. The minimum absolute atomic E-state index is 0.0262. The molecule has 0 spiro atoms. The normalized spacial score (nSPS) is 15.0. The first kappa shape index (κ1) is 22.3. The fraction of sp³-hybridized carbons (Fsp3) is 0.292. The predicted molar refractivity (Wildman–Crippen MR) is 127 cm³/mol. The van der Waals surface area contributed by atoms with Crippen LogP contribution in [-0.2, 0) is 17.6 Å². The molecule has 0 fully saturated rings. The van der Waals surface area contributed by atoms with Crippen LogP contribution in [0.1, 0.15) is 45.3 Å². The maximum Gasteiger partial charge on any atom is 0.257 e. The van der Waals surface area contributed by atoms with Gasteiger partial charge in [0.15, 0.2) is 5.13 Å². The number of halogens is 1. The molecule has 4 rings (SSSR count). The number of amides is 2. The molecule has 0 saturated carbocycles. The van der Waals surface area contributed by atoms with E-state index < -0.39 is 0 Å². The number of nitrogens with zero attached hydrogens (tertiary/aromatic N) is 1.